The summed E-state index contributed by atoms with van der Waals surface area (Å²) in [6.07, 6.45) is 0. The Morgan fingerprint density at radius 2 is 0.905 bits per heavy atom. The molecule has 0 aromatic rings. The van der Waals surface area contributed by atoms with Gasteiger partial charge in [0.1, 0.15) is 0 Å². The lowest BCUT2D eigenvalue weighted by Crippen LogP contribution is -2.35. The molecule has 0 saturated carbocycles. The molecule has 0 aromatic carbocycles. The Morgan fingerprint density at radius 3 is 0.905 bits per heavy atom. The molecule has 0 radical (unpaired) electrons. The molecule has 0 rings (SSSR count). The number of hydrogen-bond acceptors (Lipinski definition) is 7. The highest BCUT2D eigenvalue weighted by Crippen LogP contribution is 2.15. The molecule has 128 valence electrons. The number of carboxylic acids is 3. The van der Waals surface area contributed by atoms with Gasteiger partial charge in [-0.1, -0.05) is 0 Å². The highest BCUT2D eigenvalue weighted by molar-refractivity contribution is 7.80. The van der Waals surface area contributed by atoms with E-state index in [-0.39, 0.29) is 25.6 Å². The number of aliphatic hydroxyl groups is 3. The van der Waals surface area contributed by atoms with Gasteiger partial charge in [-0.3, -0.25) is 14.4 Å². The Kier molecular flexibility index (Phi) is 24.8. The van der Waals surface area contributed by atoms with Gasteiger partial charge in [-0.05, 0) is 0 Å². The second-order valence-corrected chi connectivity index (χ2v) is 4.01. The lowest BCUT2D eigenvalue weighted by molar-refractivity contribution is -0.135. The van der Waals surface area contributed by atoms with E-state index >= 15 is 0 Å². The molecule has 6 N–H and O–H groups in total. The number of thiol groups is 1. The fraction of sp³-hybridized carbons (Fsp3) is 0.727. The minimum Gasteiger partial charge on any atom is -0.481 e. The smallest absolute Gasteiger partial charge is 0.300 e. The van der Waals surface area contributed by atoms with Crippen LogP contribution in [0.15, 0.2) is 0 Å². The summed E-state index contributed by atoms with van der Waals surface area (Å²) in [4.78, 5) is 27.0. The van der Waals surface area contributed by atoms with Gasteiger partial charge in [0.15, 0.2) is 0 Å². The van der Waals surface area contributed by atoms with Crippen LogP contribution in [0.2, 0.25) is 0 Å². The maximum Gasteiger partial charge on any atom is 0.300 e. The van der Waals surface area contributed by atoms with E-state index in [4.69, 9.17) is 45.0 Å². The first-order valence-electron chi connectivity index (χ1n) is 5.46. The average Bonchev–Trinajstić information content (AvgIpc) is 2.30. The average molecular weight is 332 g/mol. The topological polar surface area (TPSA) is 173 Å². The van der Waals surface area contributed by atoms with Crippen molar-refractivity contribution >= 4 is 30.5 Å². The van der Waals surface area contributed by atoms with Crippen molar-refractivity contribution in [1.82, 2.24) is 0 Å². The zero-order valence-electron chi connectivity index (χ0n) is 12.2. The van der Waals surface area contributed by atoms with Gasteiger partial charge in [-0.2, -0.15) is 12.6 Å². The minimum atomic E-state index is -0.833. The van der Waals surface area contributed by atoms with Crippen molar-refractivity contribution < 1.29 is 45.0 Å². The second kappa shape index (κ2) is 18.6. The van der Waals surface area contributed by atoms with E-state index in [1.807, 2.05) is 0 Å². The summed E-state index contributed by atoms with van der Waals surface area (Å²) in [5, 5.41) is 48.1. The zero-order chi connectivity index (χ0) is 18.1. The predicted octanol–water partition coefficient (Wildman–Crippen LogP) is -0.848. The summed E-state index contributed by atoms with van der Waals surface area (Å²) >= 11 is 3.86. The maximum absolute atomic E-state index is 9.00. The van der Waals surface area contributed by atoms with Crippen LogP contribution in [0, 0.1) is 5.41 Å². The SMILES string of the molecule is CC(=O)O.CC(=O)O.CC(=O)O.OCC(CO)(CO)CS. The largest absolute Gasteiger partial charge is 0.481 e. The van der Waals surface area contributed by atoms with Crippen molar-refractivity contribution in [2.24, 2.45) is 5.41 Å². The minimum absolute atomic E-state index is 0.233. The van der Waals surface area contributed by atoms with Crippen LogP contribution >= 0.6 is 12.6 Å². The molecular formula is C11H24O9S. The lowest BCUT2D eigenvalue weighted by Gasteiger charge is -2.24. The van der Waals surface area contributed by atoms with Gasteiger partial charge in [-0.25, -0.2) is 0 Å². The summed E-state index contributed by atoms with van der Waals surface area (Å²) in [5.41, 5.74) is -0.802. The molecule has 0 heterocycles. The van der Waals surface area contributed by atoms with Crippen LogP contribution in [0.1, 0.15) is 20.8 Å². The van der Waals surface area contributed by atoms with E-state index in [1.165, 1.54) is 0 Å². The molecule has 9 nitrogen and oxygen atoms in total. The number of carboxylic acid groups (broad SMARTS) is 3. The Balaban J connectivity index is -0.000000102. The van der Waals surface area contributed by atoms with Gasteiger partial charge < -0.3 is 30.6 Å². The summed E-state index contributed by atoms with van der Waals surface area (Å²) in [6, 6.07) is 0. The second-order valence-electron chi connectivity index (χ2n) is 3.69. The third-order valence-electron chi connectivity index (χ3n) is 1.34. The maximum atomic E-state index is 9.00. The molecular weight excluding hydrogens is 308 g/mol. The summed E-state index contributed by atoms with van der Waals surface area (Å²) in [7, 11) is 0. The molecule has 0 aliphatic heterocycles. The molecule has 0 spiro atoms. The summed E-state index contributed by atoms with van der Waals surface area (Å²) in [5.74, 6) is -2.21. The molecule has 0 fully saturated rings. The highest BCUT2D eigenvalue weighted by Gasteiger charge is 2.25. The molecule has 0 aliphatic carbocycles. The van der Waals surface area contributed by atoms with Crippen LogP contribution in [-0.2, 0) is 14.4 Å². The lowest BCUT2D eigenvalue weighted by atomic mass is 9.94. The highest BCUT2D eigenvalue weighted by atomic mass is 32.1. The molecule has 0 saturated heterocycles. The van der Waals surface area contributed by atoms with Crippen molar-refractivity contribution in [2.75, 3.05) is 25.6 Å². The molecule has 0 bridgehead atoms. The fourth-order valence-electron chi connectivity index (χ4n) is 0.300. The Labute approximate surface area is 128 Å². The molecule has 0 aliphatic rings. The van der Waals surface area contributed by atoms with Crippen molar-refractivity contribution in [3.05, 3.63) is 0 Å². The third kappa shape index (κ3) is 45.6. The van der Waals surface area contributed by atoms with Crippen molar-refractivity contribution in [2.45, 2.75) is 20.8 Å². The van der Waals surface area contributed by atoms with Gasteiger partial charge in [0, 0.05) is 31.9 Å². The van der Waals surface area contributed by atoms with E-state index in [2.05, 4.69) is 12.6 Å². The van der Waals surface area contributed by atoms with Crippen LogP contribution in [0.5, 0.6) is 0 Å². The Morgan fingerprint density at radius 1 is 0.762 bits per heavy atom. The summed E-state index contributed by atoms with van der Waals surface area (Å²) in [6.45, 7) is 2.55. The summed E-state index contributed by atoms with van der Waals surface area (Å²) < 4.78 is 0. The van der Waals surface area contributed by atoms with Gasteiger partial charge in [0.2, 0.25) is 0 Å². The number of hydrogen-bond donors (Lipinski definition) is 7. The first-order valence-corrected chi connectivity index (χ1v) is 6.09. The molecule has 0 aromatic heterocycles. The normalized spacial score (nSPS) is 8.71. The van der Waals surface area contributed by atoms with Gasteiger partial charge in [0.25, 0.3) is 17.9 Å². The number of aliphatic hydroxyl groups excluding tert-OH is 3. The zero-order valence-corrected chi connectivity index (χ0v) is 13.1. The monoisotopic (exact) mass is 332 g/mol. The number of carbonyl (C=O) groups is 3. The Hall–Kier alpha value is -1.36. The van der Waals surface area contributed by atoms with E-state index in [0.29, 0.717) is 0 Å². The molecule has 0 amide bonds. The molecule has 10 heteroatoms. The standard InChI is InChI=1S/C5H12O3S.3C2H4O2/c6-1-5(2-7,3-8)4-9;3*1-2(3)4/h6-9H,1-4H2;3*1H3,(H,3,4). The van der Waals surface area contributed by atoms with Crippen LogP contribution < -0.4 is 0 Å². The van der Waals surface area contributed by atoms with Crippen molar-refractivity contribution in [3.8, 4) is 0 Å². The van der Waals surface area contributed by atoms with Crippen molar-refractivity contribution in [3.63, 3.8) is 0 Å². The van der Waals surface area contributed by atoms with Gasteiger partial charge >= 0.3 is 0 Å². The van der Waals surface area contributed by atoms with E-state index in [1.54, 1.807) is 0 Å². The Bertz CT molecular complexity index is 219. The molecule has 21 heavy (non-hydrogen) atoms. The van der Waals surface area contributed by atoms with Gasteiger partial charge in [0.05, 0.1) is 19.8 Å². The first-order chi connectivity index (χ1) is 9.44. The van der Waals surface area contributed by atoms with E-state index in [0.717, 1.165) is 20.8 Å². The fourth-order valence-corrected chi connectivity index (χ4v) is 0.600. The molecule has 0 atom stereocenters. The first kappa shape index (κ1) is 27.9. The predicted molar refractivity (Wildman–Crippen MR) is 77.5 cm³/mol. The van der Waals surface area contributed by atoms with Gasteiger partial charge in [-0.15, -0.1) is 0 Å². The third-order valence-corrected chi connectivity index (χ3v) is 2.01. The number of aliphatic carboxylic acids is 3. The van der Waals surface area contributed by atoms with Crippen LogP contribution in [0.4, 0.5) is 0 Å². The van der Waals surface area contributed by atoms with Crippen LogP contribution in [0.25, 0.3) is 0 Å². The van der Waals surface area contributed by atoms with Crippen LogP contribution in [-0.4, -0.2) is 74.1 Å². The van der Waals surface area contributed by atoms with Crippen molar-refractivity contribution in [1.29, 1.82) is 0 Å². The van der Waals surface area contributed by atoms with Crippen LogP contribution in [0.3, 0.4) is 0 Å². The molecule has 0 unspecified atom stereocenters. The van der Waals surface area contributed by atoms with E-state index in [9.17, 15) is 0 Å². The quantitative estimate of drug-likeness (QED) is 0.324. The van der Waals surface area contributed by atoms with E-state index < -0.39 is 23.3 Å². The number of rotatable bonds is 4.